The molecule has 1 aliphatic rings. The van der Waals surface area contributed by atoms with Crippen molar-refractivity contribution in [2.75, 3.05) is 32.7 Å². The molecule has 1 saturated heterocycles. The number of nitrogens with zero attached hydrogens (tertiary/aromatic N) is 1. The number of nitrogens with one attached hydrogen (secondary N) is 2. The van der Waals surface area contributed by atoms with Gasteiger partial charge in [0.05, 0.1) is 13.1 Å². The van der Waals surface area contributed by atoms with Gasteiger partial charge in [0.2, 0.25) is 5.91 Å². The van der Waals surface area contributed by atoms with Crippen LogP contribution in [0.2, 0.25) is 0 Å². The Morgan fingerprint density at radius 1 is 1.44 bits per heavy atom. The number of rotatable bonds is 4. The third kappa shape index (κ3) is 4.40. The molecule has 1 aromatic rings. The quantitative estimate of drug-likeness (QED) is 0.854. The lowest BCUT2D eigenvalue weighted by molar-refractivity contribution is -0.122. The molecule has 1 fully saturated rings. The molecule has 5 heteroatoms. The Balaban J connectivity index is 1.71. The molecule has 0 atom stereocenters. The topological polar surface area (TPSA) is 44.4 Å². The highest BCUT2D eigenvalue weighted by Gasteiger charge is 2.12. The highest BCUT2D eigenvalue weighted by molar-refractivity contribution is 7.11. The summed E-state index contributed by atoms with van der Waals surface area (Å²) in [5, 5.41) is 6.33. The normalized spacial score (nSPS) is 17.4. The van der Waals surface area contributed by atoms with E-state index in [0.717, 1.165) is 32.6 Å². The molecule has 0 unspecified atom stereocenters. The number of carbonyl (C=O) groups is 1. The van der Waals surface area contributed by atoms with Gasteiger partial charge in [-0.2, -0.15) is 0 Å². The van der Waals surface area contributed by atoms with Crippen molar-refractivity contribution < 1.29 is 4.79 Å². The predicted octanol–water partition coefficient (Wildman–Crippen LogP) is 0.968. The molecule has 100 valence electrons. The van der Waals surface area contributed by atoms with Crippen LogP contribution in [0.25, 0.3) is 0 Å². The van der Waals surface area contributed by atoms with Crippen LogP contribution < -0.4 is 10.6 Å². The molecule has 1 aromatic heterocycles. The second kappa shape index (κ2) is 6.87. The van der Waals surface area contributed by atoms with Crippen molar-refractivity contribution in [2.45, 2.75) is 19.9 Å². The maximum Gasteiger partial charge on any atom is 0.234 e. The fourth-order valence-corrected chi connectivity index (χ4v) is 2.91. The zero-order valence-corrected chi connectivity index (χ0v) is 11.7. The Hall–Kier alpha value is -0.910. The monoisotopic (exact) mass is 267 g/mol. The molecule has 2 N–H and O–H groups in total. The number of hydrogen-bond donors (Lipinski definition) is 2. The van der Waals surface area contributed by atoms with E-state index in [1.165, 1.54) is 9.75 Å². The van der Waals surface area contributed by atoms with Gasteiger partial charge in [-0.3, -0.25) is 9.69 Å². The average Bonchev–Trinajstić information content (AvgIpc) is 2.60. The second-order valence-corrected chi connectivity index (χ2v) is 6.04. The van der Waals surface area contributed by atoms with Crippen LogP contribution in [-0.2, 0) is 11.3 Å². The van der Waals surface area contributed by atoms with Gasteiger partial charge in [-0.1, -0.05) is 0 Å². The van der Waals surface area contributed by atoms with Crippen LogP contribution in [0.4, 0.5) is 0 Å². The molecule has 0 aromatic carbocycles. The number of amides is 1. The Labute approximate surface area is 112 Å². The van der Waals surface area contributed by atoms with Crippen LogP contribution in [-0.4, -0.2) is 43.5 Å². The van der Waals surface area contributed by atoms with Crippen molar-refractivity contribution in [3.05, 3.63) is 21.9 Å². The summed E-state index contributed by atoms with van der Waals surface area (Å²) < 4.78 is 0. The van der Waals surface area contributed by atoms with E-state index >= 15 is 0 Å². The maximum atomic E-state index is 11.8. The minimum absolute atomic E-state index is 0.128. The molecular weight excluding hydrogens is 246 g/mol. The average molecular weight is 267 g/mol. The van der Waals surface area contributed by atoms with E-state index in [1.807, 2.05) is 0 Å². The van der Waals surface area contributed by atoms with E-state index in [0.29, 0.717) is 13.1 Å². The molecule has 0 spiro atoms. The van der Waals surface area contributed by atoms with Gasteiger partial charge in [-0.25, -0.2) is 0 Å². The molecule has 1 amide bonds. The van der Waals surface area contributed by atoms with Crippen molar-refractivity contribution in [1.29, 1.82) is 0 Å². The van der Waals surface area contributed by atoms with Gasteiger partial charge in [0.1, 0.15) is 0 Å². The zero-order valence-electron chi connectivity index (χ0n) is 10.9. The molecule has 1 aliphatic heterocycles. The van der Waals surface area contributed by atoms with Crippen LogP contribution in [0.5, 0.6) is 0 Å². The van der Waals surface area contributed by atoms with E-state index in [9.17, 15) is 4.79 Å². The van der Waals surface area contributed by atoms with Gasteiger partial charge >= 0.3 is 0 Å². The Bertz CT molecular complexity index is 383. The highest BCUT2D eigenvalue weighted by Crippen LogP contribution is 2.14. The van der Waals surface area contributed by atoms with Crippen molar-refractivity contribution in [3.63, 3.8) is 0 Å². The minimum atomic E-state index is 0.128. The fraction of sp³-hybridized carbons (Fsp3) is 0.615. The van der Waals surface area contributed by atoms with Gasteiger partial charge in [-0.05, 0) is 38.6 Å². The minimum Gasteiger partial charge on any atom is -0.350 e. The summed E-state index contributed by atoms with van der Waals surface area (Å²) in [4.78, 5) is 16.6. The molecule has 0 saturated carbocycles. The van der Waals surface area contributed by atoms with Gasteiger partial charge in [0, 0.05) is 22.8 Å². The predicted molar refractivity (Wildman–Crippen MR) is 74.8 cm³/mol. The van der Waals surface area contributed by atoms with Crippen molar-refractivity contribution in [3.8, 4) is 0 Å². The Kier molecular flexibility index (Phi) is 5.16. The summed E-state index contributed by atoms with van der Waals surface area (Å²) in [6.45, 7) is 7.28. The van der Waals surface area contributed by atoms with Crippen molar-refractivity contribution in [1.82, 2.24) is 15.5 Å². The lowest BCUT2D eigenvalue weighted by Crippen LogP contribution is -2.38. The van der Waals surface area contributed by atoms with Gasteiger partial charge in [-0.15, -0.1) is 11.3 Å². The maximum absolute atomic E-state index is 11.8. The molecule has 4 nitrogen and oxygen atoms in total. The Morgan fingerprint density at radius 3 is 3.11 bits per heavy atom. The molecule has 18 heavy (non-hydrogen) atoms. The third-order valence-electron chi connectivity index (χ3n) is 3.06. The largest absolute Gasteiger partial charge is 0.350 e. The van der Waals surface area contributed by atoms with Crippen LogP contribution in [0.15, 0.2) is 12.1 Å². The van der Waals surface area contributed by atoms with E-state index in [-0.39, 0.29) is 5.91 Å². The van der Waals surface area contributed by atoms with Crippen molar-refractivity contribution in [2.24, 2.45) is 0 Å². The van der Waals surface area contributed by atoms with E-state index < -0.39 is 0 Å². The summed E-state index contributed by atoms with van der Waals surface area (Å²) in [6, 6.07) is 4.17. The highest BCUT2D eigenvalue weighted by atomic mass is 32.1. The molecule has 2 heterocycles. The first-order valence-electron chi connectivity index (χ1n) is 6.49. The third-order valence-corrected chi connectivity index (χ3v) is 4.06. The summed E-state index contributed by atoms with van der Waals surface area (Å²) in [6.07, 6.45) is 1.12. The standard InChI is InChI=1S/C13H21N3OS/c1-11-3-4-12(18-11)9-15-13(17)10-16-7-2-5-14-6-8-16/h3-4,14H,2,5-10H2,1H3,(H,15,17). The first-order valence-corrected chi connectivity index (χ1v) is 7.31. The Morgan fingerprint density at radius 2 is 2.33 bits per heavy atom. The summed E-state index contributed by atoms with van der Waals surface area (Å²) >= 11 is 1.74. The fourth-order valence-electron chi connectivity index (χ4n) is 2.08. The molecular formula is C13H21N3OS. The van der Waals surface area contributed by atoms with Crippen LogP contribution >= 0.6 is 11.3 Å². The summed E-state index contributed by atoms with van der Waals surface area (Å²) in [7, 11) is 0. The van der Waals surface area contributed by atoms with Gasteiger partial charge < -0.3 is 10.6 Å². The summed E-state index contributed by atoms with van der Waals surface area (Å²) in [5.41, 5.74) is 0. The van der Waals surface area contributed by atoms with Crippen LogP contribution in [0.1, 0.15) is 16.2 Å². The van der Waals surface area contributed by atoms with E-state index in [4.69, 9.17) is 0 Å². The van der Waals surface area contributed by atoms with Gasteiger partial charge in [0.15, 0.2) is 0 Å². The number of hydrogen-bond acceptors (Lipinski definition) is 4. The number of thiophene rings is 1. The van der Waals surface area contributed by atoms with E-state index in [1.54, 1.807) is 11.3 Å². The second-order valence-electron chi connectivity index (χ2n) is 4.67. The zero-order chi connectivity index (χ0) is 12.8. The summed E-state index contributed by atoms with van der Waals surface area (Å²) in [5.74, 6) is 0.128. The first kappa shape index (κ1) is 13.5. The molecule has 2 rings (SSSR count). The first-order chi connectivity index (χ1) is 8.74. The number of carbonyl (C=O) groups excluding carboxylic acids is 1. The van der Waals surface area contributed by atoms with Crippen molar-refractivity contribution >= 4 is 17.2 Å². The van der Waals surface area contributed by atoms with E-state index in [2.05, 4.69) is 34.6 Å². The van der Waals surface area contributed by atoms with Crippen LogP contribution in [0, 0.1) is 6.92 Å². The SMILES string of the molecule is Cc1ccc(CNC(=O)CN2CCCNCC2)s1. The lowest BCUT2D eigenvalue weighted by atomic mass is 10.3. The number of aryl methyl sites for hydroxylation is 1. The molecule has 0 radical (unpaired) electrons. The lowest BCUT2D eigenvalue weighted by Gasteiger charge is -2.18. The molecule has 0 aliphatic carbocycles. The van der Waals surface area contributed by atoms with Gasteiger partial charge in [0.25, 0.3) is 0 Å². The molecule has 0 bridgehead atoms. The smallest absolute Gasteiger partial charge is 0.234 e. The van der Waals surface area contributed by atoms with Crippen LogP contribution in [0.3, 0.4) is 0 Å².